The first-order valence-corrected chi connectivity index (χ1v) is 6.97. The summed E-state index contributed by atoms with van der Waals surface area (Å²) in [6.45, 7) is 4.96. The molecule has 0 amide bonds. The van der Waals surface area contributed by atoms with Gasteiger partial charge in [-0.25, -0.2) is 0 Å². The summed E-state index contributed by atoms with van der Waals surface area (Å²) in [5.41, 5.74) is 5.76. The molecule has 21 heavy (non-hydrogen) atoms. The molecule has 0 bridgehead atoms. The number of allylic oxidation sites excluding steroid dienone is 1. The molecule has 0 radical (unpaired) electrons. The predicted molar refractivity (Wildman–Crippen MR) is 79.5 cm³/mol. The van der Waals surface area contributed by atoms with E-state index in [9.17, 15) is 18.3 Å². The van der Waals surface area contributed by atoms with Crippen molar-refractivity contribution in [3.8, 4) is 16.9 Å². The van der Waals surface area contributed by atoms with Gasteiger partial charge in [-0.15, -0.1) is 17.9 Å². The zero-order valence-corrected chi connectivity index (χ0v) is 12.1. The first kappa shape index (κ1) is 15.4. The maximum atomic E-state index is 13.0. The number of rotatable bonds is 3. The summed E-state index contributed by atoms with van der Waals surface area (Å²) in [4.78, 5) is 0.592. The maximum Gasteiger partial charge on any atom is 0.416 e. The van der Waals surface area contributed by atoms with Gasteiger partial charge < -0.3 is 10.8 Å². The fourth-order valence-electron chi connectivity index (χ4n) is 2.23. The third-order valence-electron chi connectivity index (χ3n) is 3.22. The highest BCUT2D eigenvalue weighted by molar-refractivity contribution is 7.17. The molecule has 0 spiro atoms. The Balaban J connectivity index is 2.66. The van der Waals surface area contributed by atoms with Gasteiger partial charge in [-0.05, 0) is 24.1 Å². The Morgan fingerprint density at radius 3 is 2.62 bits per heavy atom. The maximum absolute atomic E-state index is 13.0. The first-order valence-electron chi connectivity index (χ1n) is 6.15. The van der Waals surface area contributed by atoms with Crippen LogP contribution in [0.4, 0.5) is 18.2 Å². The molecule has 0 aliphatic heterocycles. The van der Waals surface area contributed by atoms with Crippen LogP contribution >= 0.6 is 11.3 Å². The minimum Gasteiger partial charge on any atom is -0.506 e. The van der Waals surface area contributed by atoms with Crippen LogP contribution in [0.5, 0.6) is 5.75 Å². The second kappa shape index (κ2) is 5.44. The average molecular weight is 313 g/mol. The quantitative estimate of drug-likeness (QED) is 0.803. The summed E-state index contributed by atoms with van der Waals surface area (Å²) in [5.74, 6) is -0.0696. The van der Waals surface area contributed by atoms with Gasteiger partial charge in [-0.1, -0.05) is 18.2 Å². The predicted octanol–water partition coefficient (Wildman–Crippen LogP) is 4.76. The zero-order valence-electron chi connectivity index (χ0n) is 11.3. The van der Waals surface area contributed by atoms with Gasteiger partial charge in [0.1, 0.15) is 5.75 Å². The standard InChI is InChI=1S/C15H14F3NOS/c1-3-5-11-13(20)12(14(19)21-11)9-6-4-7-10(8(9)2)15(16,17)18/h3-4,6-7,20H,1,5,19H2,2H3. The summed E-state index contributed by atoms with van der Waals surface area (Å²) in [5, 5.41) is 10.5. The minimum atomic E-state index is -4.44. The normalized spacial score (nSPS) is 11.6. The van der Waals surface area contributed by atoms with Crippen molar-refractivity contribution in [2.45, 2.75) is 19.5 Å². The Hall–Kier alpha value is -1.95. The molecule has 2 aromatic rings. The zero-order chi connectivity index (χ0) is 15.8. The van der Waals surface area contributed by atoms with E-state index < -0.39 is 11.7 Å². The molecule has 0 fully saturated rings. The Kier molecular flexibility index (Phi) is 4.00. The third-order valence-corrected chi connectivity index (χ3v) is 4.25. The van der Waals surface area contributed by atoms with Crippen LogP contribution in [0.25, 0.3) is 11.1 Å². The van der Waals surface area contributed by atoms with E-state index in [0.29, 0.717) is 21.9 Å². The Bertz CT molecular complexity index is 689. The van der Waals surface area contributed by atoms with Gasteiger partial charge in [0.15, 0.2) is 0 Å². The highest BCUT2D eigenvalue weighted by atomic mass is 32.1. The average Bonchev–Trinajstić information content (AvgIpc) is 2.65. The molecule has 0 saturated carbocycles. The number of alkyl halides is 3. The van der Waals surface area contributed by atoms with Crippen LogP contribution in [-0.2, 0) is 12.6 Å². The van der Waals surface area contributed by atoms with E-state index in [1.54, 1.807) is 6.08 Å². The lowest BCUT2D eigenvalue weighted by Gasteiger charge is -2.14. The van der Waals surface area contributed by atoms with E-state index in [-0.39, 0.29) is 16.9 Å². The van der Waals surface area contributed by atoms with Crippen LogP contribution < -0.4 is 5.73 Å². The number of thiophene rings is 1. The molecule has 0 atom stereocenters. The highest BCUT2D eigenvalue weighted by Gasteiger charge is 2.33. The van der Waals surface area contributed by atoms with Crippen molar-refractivity contribution >= 4 is 16.3 Å². The van der Waals surface area contributed by atoms with Gasteiger partial charge >= 0.3 is 6.18 Å². The molecule has 3 N–H and O–H groups in total. The number of halogens is 3. The van der Waals surface area contributed by atoms with E-state index >= 15 is 0 Å². The van der Waals surface area contributed by atoms with Crippen molar-refractivity contribution in [1.29, 1.82) is 0 Å². The number of aromatic hydroxyl groups is 1. The lowest BCUT2D eigenvalue weighted by molar-refractivity contribution is -0.138. The van der Waals surface area contributed by atoms with Crippen molar-refractivity contribution in [3.63, 3.8) is 0 Å². The molecular weight excluding hydrogens is 299 g/mol. The summed E-state index contributed by atoms with van der Waals surface area (Å²) in [7, 11) is 0. The van der Waals surface area contributed by atoms with Gasteiger partial charge in [-0.2, -0.15) is 13.2 Å². The van der Waals surface area contributed by atoms with E-state index in [4.69, 9.17) is 5.73 Å². The topological polar surface area (TPSA) is 46.2 Å². The van der Waals surface area contributed by atoms with Gasteiger partial charge in [0.25, 0.3) is 0 Å². The van der Waals surface area contributed by atoms with Crippen LogP contribution in [-0.4, -0.2) is 5.11 Å². The van der Waals surface area contributed by atoms with Crippen molar-refractivity contribution in [3.05, 3.63) is 46.9 Å². The molecule has 112 valence electrons. The molecule has 1 aromatic carbocycles. The summed E-state index contributed by atoms with van der Waals surface area (Å²) < 4.78 is 38.9. The fourth-order valence-corrected chi connectivity index (χ4v) is 3.21. The van der Waals surface area contributed by atoms with Gasteiger partial charge in [0.2, 0.25) is 0 Å². The van der Waals surface area contributed by atoms with Gasteiger partial charge in [0, 0.05) is 6.42 Å². The van der Waals surface area contributed by atoms with Crippen molar-refractivity contribution in [1.82, 2.24) is 0 Å². The highest BCUT2D eigenvalue weighted by Crippen LogP contribution is 2.47. The molecule has 1 heterocycles. The molecule has 2 nitrogen and oxygen atoms in total. The lowest BCUT2D eigenvalue weighted by atomic mass is 9.96. The van der Waals surface area contributed by atoms with E-state index in [1.807, 2.05) is 0 Å². The van der Waals surface area contributed by atoms with E-state index in [1.165, 1.54) is 19.1 Å². The molecule has 0 aliphatic carbocycles. The van der Waals surface area contributed by atoms with Crippen molar-refractivity contribution in [2.24, 2.45) is 0 Å². The number of anilines is 1. The fraction of sp³-hybridized carbons (Fsp3) is 0.200. The molecule has 0 saturated heterocycles. The molecule has 6 heteroatoms. The van der Waals surface area contributed by atoms with Crippen LogP contribution in [0.3, 0.4) is 0 Å². The van der Waals surface area contributed by atoms with Crippen molar-refractivity contribution in [2.75, 3.05) is 5.73 Å². The third kappa shape index (κ3) is 2.76. The second-order valence-electron chi connectivity index (χ2n) is 4.58. The molecule has 0 unspecified atom stereocenters. The summed E-state index contributed by atoms with van der Waals surface area (Å²) >= 11 is 1.16. The molecule has 0 aliphatic rings. The number of benzene rings is 1. The SMILES string of the molecule is C=CCc1sc(N)c(-c2cccc(C(F)(F)F)c2C)c1O. The smallest absolute Gasteiger partial charge is 0.416 e. The lowest BCUT2D eigenvalue weighted by Crippen LogP contribution is -2.08. The Morgan fingerprint density at radius 2 is 2.05 bits per heavy atom. The summed E-state index contributed by atoms with van der Waals surface area (Å²) in [6, 6.07) is 3.86. The molecular formula is C15H14F3NOS. The Labute approximate surface area is 124 Å². The largest absolute Gasteiger partial charge is 0.506 e. The van der Waals surface area contributed by atoms with E-state index in [0.717, 1.165) is 17.4 Å². The van der Waals surface area contributed by atoms with Crippen LogP contribution in [0.15, 0.2) is 30.9 Å². The molecule has 1 aromatic heterocycles. The second-order valence-corrected chi connectivity index (χ2v) is 5.72. The summed E-state index contributed by atoms with van der Waals surface area (Å²) in [6.07, 6.45) is -2.42. The van der Waals surface area contributed by atoms with Crippen LogP contribution in [0.1, 0.15) is 16.0 Å². The number of nitrogen functional groups attached to an aromatic ring is 1. The molecule has 2 rings (SSSR count). The van der Waals surface area contributed by atoms with Crippen molar-refractivity contribution < 1.29 is 18.3 Å². The van der Waals surface area contributed by atoms with Crippen LogP contribution in [0.2, 0.25) is 0 Å². The minimum absolute atomic E-state index is 0.0509. The van der Waals surface area contributed by atoms with Crippen LogP contribution in [0, 0.1) is 6.92 Å². The number of hydrogen-bond donors (Lipinski definition) is 2. The Morgan fingerprint density at radius 1 is 1.38 bits per heavy atom. The van der Waals surface area contributed by atoms with Gasteiger partial charge in [0.05, 0.1) is 21.0 Å². The number of hydrogen-bond acceptors (Lipinski definition) is 3. The monoisotopic (exact) mass is 313 g/mol. The first-order chi connectivity index (χ1) is 9.77. The van der Waals surface area contributed by atoms with Gasteiger partial charge in [-0.3, -0.25) is 0 Å². The van der Waals surface area contributed by atoms with E-state index in [2.05, 4.69) is 6.58 Å². The number of nitrogens with two attached hydrogens (primary N) is 1.